The number of hydrogen-bond acceptors (Lipinski definition) is 9. The number of phenolic OH excluding ortho intramolecular Hbond substituents is 1. The average molecular weight is 1040 g/mol. The zero-order chi connectivity index (χ0) is 53.2. The maximum absolute atomic E-state index is 15.3. The van der Waals surface area contributed by atoms with E-state index in [4.69, 9.17) is 4.74 Å². The van der Waals surface area contributed by atoms with Crippen molar-refractivity contribution in [2.75, 3.05) is 32.1 Å². The number of aromatic hydroxyl groups is 1. The maximum Gasteiger partial charge on any atom is 0.160 e. The first-order valence-electron chi connectivity index (χ1n) is 29.2. The first-order valence-corrected chi connectivity index (χ1v) is 29.2. The van der Waals surface area contributed by atoms with Crippen molar-refractivity contribution in [2.45, 2.75) is 140 Å². The quantitative estimate of drug-likeness (QED) is 0.0691. The van der Waals surface area contributed by atoms with Crippen molar-refractivity contribution in [3.05, 3.63) is 148 Å². The van der Waals surface area contributed by atoms with Crippen molar-refractivity contribution in [3.8, 4) is 23.3 Å². The Morgan fingerprint density at radius 2 is 1.70 bits per heavy atom. The molecule has 0 saturated heterocycles. The van der Waals surface area contributed by atoms with Gasteiger partial charge in [-0.25, -0.2) is 0 Å². The predicted molar refractivity (Wildman–Crippen MR) is 306 cm³/mol. The normalized spacial score (nSPS) is 31.2. The van der Waals surface area contributed by atoms with Crippen LogP contribution >= 0.6 is 0 Å². The van der Waals surface area contributed by atoms with E-state index in [1.807, 2.05) is 24.3 Å². The van der Waals surface area contributed by atoms with E-state index in [-0.39, 0.29) is 65.7 Å². The molecule has 10 nitrogen and oxygen atoms in total. The molecule has 1 spiro atoms. The van der Waals surface area contributed by atoms with Crippen molar-refractivity contribution in [2.24, 2.45) is 41.4 Å². The smallest absolute Gasteiger partial charge is 0.160 e. The van der Waals surface area contributed by atoms with Crippen LogP contribution in [0.4, 0.5) is 5.69 Å². The molecule has 77 heavy (non-hydrogen) atoms. The highest BCUT2D eigenvalue weighted by molar-refractivity contribution is 6.00. The Bertz CT molecular complexity index is 3070. The van der Waals surface area contributed by atoms with Gasteiger partial charge in [0.15, 0.2) is 11.5 Å². The van der Waals surface area contributed by atoms with E-state index in [1.54, 1.807) is 6.07 Å². The first kappa shape index (κ1) is 52.9. The predicted octanol–water partition coefficient (Wildman–Crippen LogP) is 11.5. The van der Waals surface area contributed by atoms with E-state index in [0.29, 0.717) is 57.0 Å². The second-order valence-corrected chi connectivity index (χ2v) is 24.0. The second kappa shape index (κ2) is 23.1. The van der Waals surface area contributed by atoms with Crippen LogP contribution < -0.4 is 20.7 Å². The number of carbonyl (C=O) groups excluding carboxylic acids is 2. The minimum absolute atomic E-state index is 0.00108. The molecule has 3 saturated carbocycles. The summed E-state index contributed by atoms with van der Waals surface area (Å²) < 4.78 is 5.59. The number of anilines is 1. The van der Waals surface area contributed by atoms with Crippen LogP contribution in [-0.4, -0.2) is 70.8 Å². The summed E-state index contributed by atoms with van der Waals surface area (Å²) in [6.45, 7) is 6.40. The Hall–Kier alpha value is -6.12. The van der Waals surface area contributed by atoms with E-state index in [9.17, 15) is 20.1 Å². The number of hydrogen-bond donors (Lipinski definition) is 7. The van der Waals surface area contributed by atoms with Crippen LogP contribution in [0.15, 0.2) is 115 Å². The number of benzene rings is 4. The third-order valence-electron chi connectivity index (χ3n) is 19.3. The van der Waals surface area contributed by atoms with E-state index in [2.05, 4.69) is 120 Å². The van der Waals surface area contributed by atoms with Crippen molar-refractivity contribution in [1.82, 2.24) is 15.6 Å². The molecule has 0 radical (unpaired) electrons. The number of H-pyrrole nitrogens is 1. The molecule has 0 amide bonds. The van der Waals surface area contributed by atoms with Crippen molar-refractivity contribution in [1.29, 1.82) is 0 Å². The molecular formula is C67H80N4O6. The Morgan fingerprint density at radius 3 is 2.55 bits per heavy atom. The minimum Gasteiger partial charge on any atom is -0.504 e. The number of aryl methyl sites for hydroxylation is 1. The SMILES string of the molecule is CCC1CCC2CCCCC23c2cc(c[nH]2)C(C)CNCC(O)Cc2ccc4ccc(cc4c2)NC2=CC(=CCN2)CC2CC4C#CC(c5ccccc5)c5cc(O)c(OC)cc5CCC(=O)CC(=O)C4CC(C2)C1C3O. The number of rotatable bonds is 3. The molecule has 1 aromatic heterocycles. The van der Waals surface area contributed by atoms with E-state index >= 15 is 4.79 Å². The van der Waals surface area contributed by atoms with E-state index in [1.165, 1.54) is 18.2 Å². The molecule has 11 bridgehead atoms. The maximum atomic E-state index is 15.3. The molecule has 2 aliphatic heterocycles. The lowest BCUT2D eigenvalue weighted by atomic mass is 9.57. The highest BCUT2D eigenvalue weighted by atomic mass is 16.5. The van der Waals surface area contributed by atoms with Crippen LogP contribution in [0, 0.1) is 53.3 Å². The van der Waals surface area contributed by atoms with Crippen LogP contribution in [-0.2, 0) is 27.8 Å². The number of phenols is 1. The average Bonchev–Trinajstić information content (AvgIpc) is 3.95. The number of Topliss-reactive ketones (excluding diaryl/α,β-unsaturated/α-hetero) is 2. The summed E-state index contributed by atoms with van der Waals surface area (Å²) in [7, 11) is 1.53. The van der Waals surface area contributed by atoms with E-state index in [0.717, 1.165) is 108 Å². The molecule has 3 fully saturated rings. The van der Waals surface area contributed by atoms with Crippen molar-refractivity contribution in [3.63, 3.8) is 0 Å². The fourth-order valence-corrected chi connectivity index (χ4v) is 15.4. The van der Waals surface area contributed by atoms with E-state index < -0.39 is 29.5 Å². The number of dihydropyridines is 1. The number of nitrogens with one attached hydrogen (secondary N) is 4. The Kier molecular flexibility index (Phi) is 15.9. The van der Waals surface area contributed by atoms with Gasteiger partial charge in [-0.15, -0.1) is 0 Å². The number of β-amino-alcohol motifs (C(OH)–C–C–N with tert-alkyl or cyclic N) is 1. The summed E-state index contributed by atoms with van der Waals surface area (Å²) in [6, 6.07) is 29.1. The Balaban J connectivity index is 1.04. The first-order chi connectivity index (χ1) is 37.5. The van der Waals surface area contributed by atoms with Gasteiger partial charge in [-0.1, -0.05) is 106 Å². The summed E-state index contributed by atoms with van der Waals surface area (Å²) >= 11 is 0. The summed E-state index contributed by atoms with van der Waals surface area (Å²) in [5.41, 5.74) is 7.86. The number of ether oxygens (including phenoxy) is 1. The van der Waals surface area contributed by atoms with Gasteiger partial charge in [0.25, 0.3) is 0 Å². The zero-order valence-corrected chi connectivity index (χ0v) is 45.5. The monoisotopic (exact) mass is 1040 g/mol. The number of fused-ring (bicyclic) bond motifs is 11. The summed E-state index contributed by atoms with van der Waals surface area (Å²) in [5, 5.41) is 49.6. The van der Waals surface area contributed by atoms with Crippen LogP contribution in [0.25, 0.3) is 10.8 Å². The molecule has 3 heterocycles. The fourth-order valence-electron chi connectivity index (χ4n) is 15.4. The molecule has 4 aromatic carbocycles. The van der Waals surface area contributed by atoms with Gasteiger partial charge in [0.2, 0.25) is 0 Å². The van der Waals surface area contributed by atoms with Crippen molar-refractivity contribution < 1.29 is 29.6 Å². The van der Waals surface area contributed by atoms with Crippen LogP contribution in [0.3, 0.4) is 0 Å². The lowest BCUT2D eigenvalue weighted by molar-refractivity contribution is -0.130. The molecule has 5 aromatic rings. The highest BCUT2D eigenvalue weighted by Gasteiger charge is 2.56. The summed E-state index contributed by atoms with van der Waals surface area (Å²) in [6.07, 6.45) is 16.6. The standard InChI is InChI=1S/C67H80N4O6/c1-4-45-15-19-53-12-8-9-24-67(53)63-35-52(39-70-63)41(2)38-68-40-56(73)30-42-13-14-46-16-20-54(32-50(46)27-42)71-64-31-43(23-25-69-64)26-44-28-48-18-22-57(47-10-6-5-7-11-47)58-37-61(75)62(77-3)34-49(58)17-21-55(72)36-60(74)59(48)33-51(29-44)65(45)66(67)76/h5-7,10-11,13-14,16,20,23,27,31-32,34-35,37,39,41,44-45,48,51,53,56-57,59,65-66,68-71,73,75-76H,4,8-9,12,15,17,19,21,24-26,28-30,33,36,38,40H2,1-3H3. The number of ketones is 2. The number of allylic oxidation sites excluding steroid dienone is 2. The van der Waals surface area contributed by atoms with Gasteiger partial charge in [-0.3, -0.25) is 9.59 Å². The lowest BCUT2D eigenvalue weighted by Gasteiger charge is -2.50. The number of methoxy groups -OCH3 is 1. The summed E-state index contributed by atoms with van der Waals surface area (Å²) in [5.74, 6) is 8.32. The number of aromatic amines is 1. The van der Waals surface area contributed by atoms with Crippen molar-refractivity contribution >= 4 is 28.0 Å². The van der Waals surface area contributed by atoms with Crippen LogP contribution in [0.2, 0.25) is 0 Å². The van der Waals surface area contributed by atoms with Gasteiger partial charge in [-0.05, 0) is 180 Å². The van der Waals surface area contributed by atoms with Crippen LogP contribution in [0.1, 0.15) is 143 Å². The lowest BCUT2D eigenvalue weighted by Crippen LogP contribution is -2.52. The molecule has 11 rings (SSSR count). The number of aliphatic hydroxyl groups excluding tert-OH is 2. The molecule has 4 aliphatic carbocycles. The second-order valence-electron chi connectivity index (χ2n) is 24.0. The third kappa shape index (κ3) is 11.2. The third-order valence-corrected chi connectivity index (χ3v) is 19.3. The number of aromatic nitrogens is 1. The highest BCUT2D eigenvalue weighted by Crippen LogP contribution is 2.57. The molecule has 6 aliphatic rings. The van der Waals surface area contributed by atoms with Gasteiger partial charge < -0.3 is 41.0 Å². The van der Waals surface area contributed by atoms with Crippen LogP contribution in [0.5, 0.6) is 11.5 Å². The topological polar surface area (TPSA) is 156 Å². The molecule has 12 atom stereocenters. The Morgan fingerprint density at radius 1 is 0.844 bits per heavy atom. The number of carbonyl (C=O) groups is 2. The largest absolute Gasteiger partial charge is 0.504 e. The summed E-state index contributed by atoms with van der Waals surface area (Å²) in [4.78, 5) is 33.4. The molecular weight excluding hydrogens is 957 g/mol. The molecule has 12 unspecified atom stereocenters. The van der Waals surface area contributed by atoms with Gasteiger partial charge in [0.1, 0.15) is 17.4 Å². The molecule has 404 valence electrons. The molecule has 7 N–H and O–H groups in total. The van der Waals surface area contributed by atoms with Gasteiger partial charge in [0.05, 0.1) is 31.7 Å². The molecule has 10 heteroatoms. The number of aliphatic hydroxyl groups is 2. The minimum atomic E-state index is -0.645. The zero-order valence-electron chi connectivity index (χ0n) is 45.5. The van der Waals surface area contributed by atoms with Gasteiger partial charge >= 0.3 is 0 Å². The Labute approximate surface area is 456 Å². The fraction of sp³-hybridized carbons (Fsp3) is 0.493. The van der Waals surface area contributed by atoms with Gasteiger partial charge in [0, 0.05) is 60.9 Å². The van der Waals surface area contributed by atoms with Gasteiger partial charge in [-0.2, -0.15) is 0 Å².